The minimum atomic E-state index is -1.03. The van der Waals surface area contributed by atoms with Gasteiger partial charge in [-0.15, -0.1) is 0 Å². The van der Waals surface area contributed by atoms with E-state index >= 15 is 0 Å². The van der Waals surface area contributed by atoms with Crippen molar-refractivity contribution in [2.24, 2.45) is 0 Å². The van der Waals surface area contributed by atoms with Crippen molar-refractivity contribution in [1.29, 1.82) is 0 Å². The number of aromatic carboxylic acids is 1. The third-order valence-corrected chi connectivity index (χ3v) is 8.08. The van der Waals surface area contributed by atoms with Gasteiger partial charge in [-0.05, 0) is 52.3 Å². The first-order valence-electron chi connectivity index (χ1n) is 14.5. The Morgan fingerprint density at radius 1 is 0.857 bits per heavy atom. The number of rotatable bonds is 12. The number of halogens is 1. The number of carboxylic acid groups (broad SMARTS) is 1. The number of aryl methyl sites for hydroxylation is 1. The Balaban J connectivity index is 1.38. The van der Waals surface area contributed by atoms with Crippen molar-refractivity contribution in [3.8, 4) is 0 Å². The van der Waals surface area contributed by atoms with Gasteiger partial charge in [0.15, 0.2) is 0 Å². The lowest BCUT2D eigenvalue weighted by atomic mass is 9.90. The lowest BCUT2D eigenvalue weighted by molar-refractivity contribution is -0.142. The van der Waals surface area contributed by atoms with Crippen LogP contribution in [0.15, 0.2) is 97.1 Å². The summed E-state index contributed by atoms with van der Waals surface area (Å²) in [4.78, 5) is 12.4. The van der Waals surface area contributed by atoms with Crippen molar-refractivity contribution in [3.05, 3.63) is 141 Å². The molecule has 3 atom stereocenters. The number of ether oxygens (including phenoxy) is 3. The summed E-state index contributed by atoms with van der Waals surface area (Å²) in [6.07, 6.45) is 1.90. The van der Waals surface area contributed by atoms with Crippen molar-refractivity contribution in [1.82, 2.24) is 0 Å². The van der Waals surface area contributed by atoms with Gasteiger partial charge in [0.1, 0.15) is 0 Å². The van der Waals surface area contributed by atoms with Crippen LogP contribution >= 0.6 is 11.6 Å². The Morgan fingerprint density at radius 3 is 2.14 bits per heavy atom. The van der Waals surface area contributed by atoms with Crippen LogP contribution in [0.4, 0.5) is 0 Å². The van der Waals surface area contributed by atoms with Gasteiger partial charge in [-0.2, -0.15) is 0 Å². The average molecular weight is 585 g/mol. The van der Waals surface area contributed by atoms with Crippen LogP contribution in [0.25, 0.3) is 0 Å². The zero-order valence-corrected chi connectivity index (χ0v) is 24.6. The molecule has 6 heteroatoms. The summed E-state index contributed by atoms with van der Waals surface area (Å²) < 4.78 is 19.0. The van der Waals surface area contributed by atoms with Crippen LogP contribution in [0.2, 0.25) is 5.02 Å². The molecule has 1 fully saturated rings. The highest BCUT2D eigenvalue weighted by atomic mass is 35.5. The maximum absolute atomic E-state index is 12.4. The highest BCUT2D eigenvalue weighted by molar-refractivity contribution is 6.31. The molecular weight excluding hydrogens is 548 g/mol. The summed E-state index contributed by atoms with van der Waals surface area (Å²) in [5, 5.41) is 10.6. The van der Waals surface area contributed by atoms with Crippen molar-refractivity contribution >= 4 is 17.6 Å². The number of hydrogen-bond acceptors (Lipinski definition) is 4. The Bertz CT molecular complexity index is 1440. The fourth-order valence-corrected chi connectivity index (χ4v) is 5.65. The molecule has 1 aliphatic heterocycles. The van der Waals surface area contributed by atoms with Crippen LogP contribution in [0.3, 0.4) is 0 Å². The summed E-state index contributed by atoms with van der Waals surface area (Å²) in [6, 6.07) is 32.0. The first kappa shape index (κ1) is 30.0. The predicted molar refractivity (Wildman–Crippen MR) is 165 cm³/mol. The molecule has 1 aliphatic rings. The molecule has 0 amide bonds. The van der Waals surface area contributed by atoms with E-state index in [2.05, 4.69) is 31.2 Å². The summed E-state index contributed by atoms with van der Waals surface area (Å²) in [5.74, 6) is -1.03. The Kier molecular flexibility index (Phi) is 10.4. The molecule has 0 saturated carbocycles. The fraction of sp³-hybridized carbons (Fsp3) is 0.306. The average Bonchev–Trinajstić information content (AvgIpc) is 3.02. The molecule has 0 spiro atoms. The maximum atomic E-state index is 12.4. The minimum Gasteiger partial charge on any atom is -0.478 e. The van der Waals surface area contributed by atoms with Crippen molar-refractivity contribution in [2.75, 3.05) is 6.61 Å². The van der Waals surface area contributed by atoms with Crippen LogP contribution in [0.5, 0.6) is 0 Å². The SMILES string of the molecule is CCc1ccc(Cc2cc(C3CC(OCc4ccccc4)CC(COCc4ccccc4)O3)c(C(=O)O)cc2Cl)cc1. The Labute approximate surface area is 253 Å². The van der Waals surface area contributed by atoms with Gasteiger partial charge in [-0.1, -0.05) is 110 Å². The van der Waals surface area contributed by atoms with Gasteiger partial charge in [0.05, 0.1) is 43.7 Å². The van der Waals surface area contributed by atoms with E-state index in [1.54, 1.807) is 6.07 Å². The van der Waals surface area contributed by atoms with Crippen molar-refractivity contribution < 1.29 is 24.1 Å². The summed E-state index contributed by atoms with van der Waals surface area (Å²) >= 11 is 6.65. The standard InChI is InChI=1S/C36H37ClO5/c1-2-25-13-15-26(16-14-25)17-29-18-32(33(36(38)39)21-34(29)37)35-20-30(41-23-28-11-7-4-8-12-28)19-31(42-35)24-40-22-27-9-5-3-6-10-27/h3-16,18,21,30-31,35H,2,17,19-20,22-24H2,1H3,(H,38,39). The van der Waals surface area contributed by atoms with E-state index in [4.69, 9.17) is 25.8 Å². The third kappa shape index (κ3) is 8.08. The van der Waals surface area contributed by atoms with E-state index < -0.39 is 12.1 Å². The van der Waals surface area contributed by atoms with Gasteiger partial charge in [0.2, 0.25) is 0 Å². The Morgan fingerprint density at radius 2 is 1.50 bits per heavy atom. The quantitative estimate of drug-likeness (QED) is 0.182. The summed E-state index contributed by atoms with van der Waals surface area (Å²) in [6.45, 7) is 3.46. The molecule has 0 aromatic heterocycles. The second kappa shape index (κ2) is 14.6. The first-order valence-corrected chi connectivity index (χ1v) is 14.9. The molecule has 0 aliphatic carbocycles. The van der Waals surface area contributed by atoms with E-state index in [0.717, 1.165) is 28.7 Å². The van der Waals surface area contributed by atoms with Crippen LogP contribution in [-0.4, -0.2) is 29.9 Å². The van der Waals surface area contributed by atoms with Crippen LogP contribution < -0.4 is 0 Å². The number of carboxylic acids is 1. The molecule has 0 bridgehead atoms. The molecule has 5 rings (SSSR count). The monoisotopic (exact) mass is 584 g/mol. The maximum Gasteiger partial charge on any atom is 0.336 e. The molecule has 4 aromatic carbocycles. The van der Waals surface area contributed by atoms with E-state index in [1.165, 1.54) is 5.56 Å². The van der Waals surface area contributed by atoms with Crippen molar-refractivity contribution in [3.63, 3.8) is 0 Å². The van der Waals surface area contributed by atoms with Crippen molar-refractivity contribution in [2.45, 2.75) is 64.1 Å². The van der Waals surface area contributed by atoms with E-state index in [1.807, 2.05) is 66.7 Å². The molecule has 42 heavy (non-hydrogen) atoms. The lowest BCUT2D eigenvalue weighted by Crippen LogP contribution is -2.36. The molecule has 5 nitrogen and oxygen atoms in total. The second-order valence-corrected chi connectivity index (χ2v) is 11.2. The molecule has 1 N–H and O–H groups in total. The van der Waals surface area contributed by atoms with E-state index in [9.17, 15) is 9.90 Å². The molecule has 0 radical (unpaired) electrons. The van der Waals surface area contributed by atoms with Gasteiger partial charge in [-0.3, -0.25) is 0 Å². The Hall–Kier alpha value is -3.48. The van der Waals surface area contributed by atoms with Gasteiger partial charge >= 0.3 is 5.97 Å². The van der Waals surface area contributed by atoms with Crippen LogP contribution in [-0.2, 0) is 40.3 Å². The smallest absolute Gasteiger partial charge is 0.336 e. The van der Waals surface area contributed by atoms with Crippen LogP contribution in [0.1, 0.15) is 69.6 Å². The number of benzene rings is 4. The fourth-order valence-electron chi connectivity index (χ4n) is 5.42. The molecule has 1 heterocycles. The topological polar surface area (TPSA) is 65.0 Å². The highest BCUT2D eigenvalue weighted by Crippen LogP contribution is 2.38. The summed E-state index contributed by atoms with van der Waals surface area (Å²) in [5.41, 5.74) is 6.20. The third-order valence-electron chi connectivity index (χ3n) is 7.72. The van der Waals surface area contributed by atoms with Gasteiger partial charge in [-0.25, -0.2) is 4.79 Å². The van der Waals surface area contributed by atoms with E-state index in [-0.39, 0.29) is 17.8 Å². The predicted octanol–water partition coefficient (Wildman–Crippen LogP) is 8.21. The lowest BCUT2D eigenvalue weighted by Gasteiger charge is -2.36. The first-order chi connectivity index (χ1) is 20.5. The number of carbonyl (C=O) groups is 1. The highest BCUT2D eigenvalue weighted by Gasteiger charge is 2.34. The van der Waals surface area contributed by atoms with Crippen LogP contribution in [0, 0.1) is 0 Å². The molecule has 3 unspecified atom stereocenters. The van der Waals surface area contributed by atoms with E-state index in [0.29, 0.717) is 49.7 Å². The normalized spacial score (nSPS) is 18.6. The van der Waals surface area contributed by atoms with Gasteiger partial charge < -0.3 is 19.3 Å². The molecule has 1 saturated heterocycles. The molecule has 218 valence electrons. The van der Waals surface area contributed by atoms with Gasteiger partial charge in [0, 0.05) is 17.9 Å². The zero-order chi connectivity index (χ0) is 29.3. The van der Waals surface area contributed by atoms with Gasteiger partial charge in [0.25, 0.3) is 0 Å². The number of hydrogen-bond donors (Lipinski definition) is 1. The molecule has 4 aromatic rings. The zero-order valence-electron chi connectivity index (χ0n) is 23.9. The molecular formula is C36H37ClO5. The second-order valence-electron chi connectivity index (χ2n) is 10.8. The summed E-state index contributed by atoms with van der Waals surface area (Å²) in [7, 11) is 0. The largest absolute Gasteiger partial charge is 0.478 e. The minimum absolute atomic E-state index is 0.128.